The molecule has 1 fully saturated rings. The highest BCUT2D eigenvalue weighted by Crippen LogP contribution is 2.36. The van der Waals surface area contributed by atoms with E-state index >= 15 is 0 Å². The molecule has 3 heterocycles. The maximum Gasteiger partial charge on any atom is 0.350 e. The van der Waals surface area contributed by atoms with E-state index in [1.54, 1.807) is 25.1 Å². The minimum Gasteiger partial charge on any atom is -0.387 e. The number of fused-ring (bicyclic) bond motifs is 1. The van der Waals surface area contributed by atoms with Crippen molar-refractivity contribution in [1.29, 1.82) is 5.26 Å². The lowest BCUT2D eigenvalue weighted by atomic mass is 10.1. The number of nitrogens with one attached hydrogen (secondary N) is 1. The SMILES string of the molecule is CC(Nc1nc(C#N)nc2c1ccn2[C@@H]1O[C@H](COCP(=O)(O)O)[C@@H](O)[C@H]1O)c1cccc(F)c1. The zero-order chi connectivity index (χ0) is 25.3. The first-order valence-corrected chi connectivity index (χ1v) is 12.3. The molecule has 0 aliphatic carbocycles. The van der Waals surface area contributed by atoms with Gasteiger partial charge in [-0.1, -0.05) is 12.1 Å². The molecule has 4 rings (SSSR count). The summed E-state index contributed by atoms with van der Waals surface area (Å²) in [5.74, 6) is -0.254. The quantitative estimate of drug-likeness (QED) is 0.278. The van der Waals surface area contributed by atoms with Gasteiger partial charge in [0.2, 0.25) is 5.82 Å². The van der Waals surface area contributed by atoms with Crippen LogP contribution in [0, 0.1) is 17.1 Å². The fourth-order valence-electron chi connectivity index (χ4n) is 3.85. The molecule has 0 amide bonds. The van der Waals surface area contributed by atoms with Gasteiger partial charge in [-0.2, -0.15) is 5.26 Å². The van der Waals surface area contributed by atoms with Crippen LogP contribution < -0.4 is 5.32 Å². The maximum atomic E-state index is 13.6. The first-order chi connectivity index (χ1) is 16.6. The van der Waals surface area contributed by atoms with Crippen molar-refractivity contribution in [2.45, 2.75) is 37.5 Å². The molecule has 1 saturated heterocycles. The Labute approximate surface area is 198 Å². The number of benzene rings is 1. The molecule has 0 radical (unpaired) electrons. The monoisotopic (exact) mass is 507 g/mol. The van der Waals surface area contributed by atoms with Crippen molar-refractivity contribution in [2.24, 2.45) is 0 Å². The Morgan fingerprint density at radius 2 is 2.09 bits per heavy atom. The minimum absolute atomic E-state index is 0.166. The van der Waals surface area contributed by atoms with E-state index < -0.39 is 44.3 Å². The number of ether oxygens (including phenoxy) is 2. The summed E-state index contributed by atoms with van der Waals surface area (Å²) in [7, 11) is -4.41. The number of aliphatic hydroxyl groups excluding tert-OH is 2. The second-order valence-electron chi connectivity index (χ2n) is 8.10. The van der Waals surface area contributed by atoms with Gasteiger partial charge in [0.1, 0.15) is 48.0 Å². The Bertz CT molecular complexity index is 1310. The molecule has 1 aliphatic heterocycles. The van der Waals surface area contributed by atoms with Crippen molar-refractivity contribution in [2.75, 3.05) is 18.3 Å². The largest absolute Gasteiger partial charge is 0.387 e. The molecule has 5 N–H and O–H groups in total. The predicted molar refractivity (Wildman–Crippen MR) is 119 cm³/mol. The van der Waals surface area contributed by atoms with E-state index in [2.05, 4.69) is 15.3 Å². The van der Waals surface area contributed by atoms with E-state index in [1.807, 2.05) is 6.07 Å². The molecule has 0 bridgehead atoms. The van der Waals surface area contributed by atoms with Gasteiger partial charge < -0.3 is 39.4 Å². The third-order valence-corrected chi connectivity index (χ3v) is 6.05. The van der Waals surface area contributed by atoms with E-state index in [-0.39, 0.29) is 24.1 Å². The lowest BCUT2D eigenvalue weighted by molar-refractivity contribution is -0.0610. The Hall–Kier alpha value is -2.95. The molecule has 5 atom stereocenters. The molecule has 14 heteroatoms. The number of aliphatic hydroxyl groups is 2. The number of nitriles is 1. The molecule has 0 saturated carbocycles. The van der Waals surface area contributed by atoms with E-state index in [0.29, 0.717) is 16.8 Å². The third-order valence-electron chi connectivity index (χ3n) is 5.53. The highest BCUT2D eigenvalue weighted by Gasteiger charge is 2.44. The van der Waals surface area contributed by atoms with Crippen LogP contribution in [0.25, 0.3) is 11.0 Å². The first-order valence-electron chi connectivity index (χ1n) is 10.5. The van der Waals surface area contributed by atoms with E-state index in [0.717, 1.165) is 0 Å². The van der Waals surface area contributed by atoms with Crippen molar-refractivity contribution in [3.8, 4) is 6.07 Å². The molecule has 3 aromatic rings. The summed E-state index contributed by atoms with van der Waals surface area (Å²) in [5, 5.41) is 34.0. The molecule has 35 heavy (non-hydrogen) atoms. The summed E-state index contributed by atoms with van der Waals surface area (Å²) in [6, 6.07) is 9.18. The fourth-order valence-corrected chi connectivity index (χ4v) is 4.19. The molecular weight excluding hydrogens is 484 g/mol. The molecule has 1 aliphatic rings. The van der Waals surface area contributed by atoms with Crippen LogP contribution in [0.4, 0.5) is 10.2 Å². The van der Waals surface area contributed by atoms with E-state index in [9.17, 15) is 24.4 Å². The molecular formula is C21H23FN5O7P. The lowest BCUT2D eigenvalue weighted by Crippen LogP contribution is -2.33. The predicted octanol–water partition coefficient (Wildman–Crippen LogP) is 1.39. The van der Waals surface area contributed by atoms with Crippen LogP contribution in [0.3, 0.4) is 0 Å². The maximum absolute atomic E-state index is 13.6. The van der Waals surface area contributed by atoms with Crippen molar-refractivity contribution < 1.29 is 38.4 Å². The van der Waals surface area contributed by atoms with Gasteiger partial charge in [-0.05, 0) is 30.7 Å². The van der Waals surface area contributed by atoms with Crippen molar-refractivity contribution >= 4 is 24.4 Å². The Morgan fingerprint density at radius 1 is 1.31 bits per heavy atom. The van der Waals surface area contributed by atoms with Crippen LogP contribution in [0.1, 0.15) is 30.6 Å². The second-order valence-corrected chi connectivity index (χ2v) is 9.69. The Morgan fingerprint density at radius 3 is 2.77 bits per heavy atom. The zero-order valence-electron chi connectivity index (χ0n) is 18.4. The topological polar surface area (TPSA) is 183 Å². The highest BCUT2D eigenvalue weighted by molar-refractivity contribution is 7.51. The normalized spacial score (nSPS) is 23.3. The number of hydrogen-bond acceptors (Lipinski definition) is 9. The van der Waals surface area contributed by atoms with Gasteiger partial charge in [-0.15, -0.1) is 0 Å². The lowest BCUT2D eigenvalue weighted by Gasteiger charge is -2.19. The number of nitrogens with zero attached hydrogens (tertiary/aromatic N) is 4. The summed E-state index contributed by atoms with van der Waals surface area (Å²) in [6.45, 7) is 1.43. The van der Waals surface area contributed by atoms with Crippen molar-refractivity contribution in [3.63, 3.8) is 0 Å². The zero-order valence-corrected chi connectivity index (χ0v) is 19.3. The average molecular weight is 507 g/mol. The fraction of sp³-hybridized carbons (Fsp3) is 0.381. The molecule has 2 aromatic heterocycles. The number of rotatable bonds is 8. The number of halogens is 1. The second kappa shape index (κ2) is 9.96. The van der Waals surface area contributed by atoms with Gasteiger partial charge in [0.25, 0.3) is 0 Å². The third kappa shape index (κ3) is 5.50. The summed E-state index contributed by atoms with van der Waals surface area (Å²) in [5.41, 5.74) is 0.893. The average Bonchev–Trinajstić information content (AvgIpc) is 3.34. The number of hydrogen-bond donors (Lipinski definition) is 5. The van der Waals surface area contributed by atoms with E-state index in [1.165, 1.54) is 22.9 Å². The standard InChI is InChI=1S/C21H23FN5O7P/c1-11(12-3-2-4-13(22)7-12)24-19-14-5-6-27(20(14)26-16(8-23)25-19)21-18(29)17(28)15(34-21)9-33-10-35(30,31)32/h2-7,11,15,17-18,21,28-29H,9-10H2,1H3,(H,24,25,26)(H2,30,31,32)/t11?,15-,17-,18-,21-/m1/s1. The van der Waals surface area contributed by atoms with Gasteiger partial charge in [0.05, 0.1) is 18.0 Å². The van der Waals surface area contributed by atoms with Crippen LogP contribution in [-0.2, 0) is 14.0 Å². The van der Waals surface area contributed by atoms with Crippen molar-refractivity contribution in [3.05, 3.63) is 53.7 Å². The van der Waals surface area contributed by atoms with Crippen LogP contribution >= 0.6 is 7.60 Å². The molecule has 1 unspecified atom stereocenters. The van der Waals surface area contributed by atoms with Gasteiger partial charge >= 0.3 is 7.60 Å². The summed E-state index contributed by atoms with van der Waals surface area (Å²) in [6.07, 6.45) is -4.33. The van der Waals surface area contributed by atoms with Crippen LogP contribution in [0.5, 0.6) is 0 Å². The minimum atomic E-state index is -4.41. The Kier molecular flexibility index (Phi) is 7.16. The highest BCUT2D eigenvalue weighted by atomic mass is 31.2. The van der Waals surface area contributed by atoms with Crippen LogP contribution in [0.2, 0.25) is 0 Å². The van der Waals surface area contributed by atoms with Crippen LogP contribution in [-0.4, -0.2) is 65.8 Å². The summed E-state index contributed by atoms with van der Waals surface area (Å²) >= 11 is 0. The van der Waals surface area contributed by atoms with Gasteiger partial charge in [-0.25, -0.2) is 14.4 Å². The molecule has 186 valence electrons. The first kappa shape index (κ1) is 25.2. The summed E-state index contributed by atoms with van der Waals surface area (Å²) < 4.78 is 36.7. The van der Waals surface area contributed by atoms with Gasteiger partial charge in [0.15, 0.2) is 6.23 Å². The molecule has 0 spiro atoms. The molecule has 12 nitrogen and oxygen atoms in total. The number of aromatic nitrogens is 3. The molecule has 1 aromatic carbocycles. The van der Waals surface area contributed by atoms with E-state index in [4.69, 9.17) is 19.3 Å². The Balaban J connectivity index is 1.61. The summed E-state index contributed by atoms with van der Waals surface area (Å²) in [4.78, 5) is 26.3. The van der Waals surface area contributed by atoms with Crippen molar-refractivity contribution in [1.82, 2.24) is 14.5 Å². The van der Waals surface area contributed by atoms with Gasteiger partial charge in [-0.3, -0.25) is 4.57 Å². The number of anilines is 1. The van der Waals surface area contributed by atoms with Crippen LogP contribution in [0.15, 0.2) is 36.5 Å². The van der Waals surface area contributed by atoms with Gasteiger partial charge in [0, 0.05) is 6.20 Å². The smallest absolute Gasteiger partial charge is 0.350 e.